The minimum atomic E-state index is -3.77. The van der Waals surface area contributed by atoms with Crippen molar-refractivity contribution in [2.24, 2.45) is 0 Å². The van der Waals surface area contributed by atoms with Gasteiger partial charge in [0.05, 0.1) is 28.5 Å². The molecule has 5 nitrogen and oxygen atoms in total. The molecule has 0 bridgehead atoms. The fourth-order valence-corrected chi connectivity index (χ4v) is 4.46. The highest BCUT2D eigenvalue weighted by Crippen LogP contribution is 2.28. The standard InChI is InChI=1S/C18H16Cl3N3O2S/c1-11-18(23-27(25,26)14-8-6-13(19)7-9-14)12(2)24(22-11)10-15-16(20)4-3-5-17(15)21/h3-9,23H,10H2,1-2H3. The summed E-state index contributed by atoms with van der Waals surface area (Å²) in [5.41, 5.74) is 2.35. The van der Waals surface area contributed by atoms with Crippen LogP contribution >= 0.6 is 34.8 Å². The third kappa shape index (κ3) is 4.24. The van der Waals surface area contributed by atoms with Crippen molar-refractivity contribution in [3.05, 3.63) is 74.5 Å². The molecule has 0 amide bonds. The van der Waals surface area contributed by atoms with E-state index in [1.54, 1.807) is 36.7 Å². The van der Waals surface area contributed by atoms with Crippen molar-refractivity contribution in [1.29, 1.82) is 0 Å². The molecule has 0 saturated carbocycles. The average Bonchev–Trinajstić information content (AvgIpc) is 2.86. The van der Waals surface area contributed by atoms with Crippen LogP contribution in [0, 0.1) is 13.8 Å². The number of sulfonamides is 1. The number of anilines is 1. The smallest absolute Gasteiger partial charge is 0.262 e. The molecule has 3 rings (SSSR count). The molecular weight excluding hydrogens is 429 g/mol. The summed E-state index contributed by atoms with van der Waals surface area (Å²) in [5, 5.41) is 5.95. The summed E-state index contributed by atoms with van der Waals surface area (Å²) < 4.78 is 29.6. The van der Waals surface area contributed by atoms with Crippen LogP contribution in [0.5, 0.6) is 0 Å². The van der Waals surface area contributed by atoms with Crippen LogP contribution in [0.25, 0.3) is 0 Å². The second-order valence-corrected chi connectivity index (χ2v) is 8.90. The molecule has 0 saturated heterocycles. The summed E-state index contributed by atoms with van der Waals surface area (Å²) in [6.45, 7) is 3.84. The van der Waals surface area contributed by atoms with Gasteiger partial charge in [0, 0.05) is 20.6 Å². The number of rotatable bonds is 5. The fourth-order valence-electron chi connectivity index (χ4n) is 2.64. The van der Waals surface area contributed by atoms with Crippen LogP contribution in [0.4, 0.5) is 5.69 Å². The monoisotopic (exact) mass is 443 g/mol. The highest BCUT2D eigenvalue weighted by molar-refractivity contribution is 7.92. The maximum atomic E-state index is 12.7. The topological polar surface area (TPSA) is 64.0 Å². The van der Waals surface area contributed by atoms with E-state index in [-0.39, 0.29) is 4.90 Å². The van der Waals surface area contributed by atoms with E-state index in [1.807, 2.05) is 0 Å². The van der Waals surface area contributed by atoms with Crippen LogP contribution in [-0.2, 0) is 16.6 Å². The molecular formula is C18H16Cl3N3O2S. The Balaban J connectivity index is 1.93. The van der Waals surface area contributed by atoms with Gasteiger partial charge in [0.25, 0.3) is 10.0 Å². The first-order valence-electron chi connectivity index (χ1n) is 7.94. The summed E-state index contributed by atoms with van der Waals surface area (Å²) in [5.74, 6) is 0. The average molecular weight is 445 g/mol. The first kappa shape index (κ1) is 20.0. The molecule has 0 atom stereocenters. The van der Waals surface area contributed by atoms with E-state index in [0.29, 0.717) is 38.7 Å². The molecule has 1 heterocycles. The van der Waals surface area contributed by atoms with Crippen molar-refractivity contribution in [2.45, 2.75) is 25.3 Å². The number of nitrogens with one attached hydrogen (secondary N) is 1. The van der Waals surface area contributed by atoms with Crippen LogP contribution in [0.1, 0.15) is 17.0 Å². The van der Waals surface area contributed by atoms with E-state index in [2.05, 4.69) is 9.82 Å². The lowest BCUT2D eigenvalue weighted by Gasteiger charge is -2.11. The van der Waals surface area contributed by atoms with E-state index in [9.17, 15) is 8.42 Å². The summed E-state index contributed by atoms with van der Waals surface area (Å²) in [4.78, 5) is 0.118. The van der Waals surface area contributed by atoms with Crippen molar-refractivity contribution in [3.63, 3.8) is 0 Å². The number of nitrogens with zero attached hydrogens (tertiary/aromatic N) is 2. The second kappa shape index (κ2) is 7.72. The van der Waals surface area contributed by atoms with Gasteiger partial charge in [-0.25, -0.2) is 8.42 Å². The van der Waals surface area contributed by atoms with E-state index in [1.165, 1.54) is 24.3 Å². The normalized spacial score (nSPS) is 11.6. The number of hydrogen-bond acceptors (Lipinski definition) is 3. The molecule has 27 heavy (non-hydrogen) atoms. The van der Waals surface area contributed by atoms with E-state index in [4.69, 9.17) is 34.8 Å². The zero-order chi connectivity index (χ0) is 19.8. The molecule has 0 aliphatic heterocycles. The molecule has 9 heteroatoms. The Morgan fingerprint density at radius 2 is 1.59 bits per heavy atom. The van der Waals surface area contributed by atoms with Crippen molar-refractivity contribution in [2.75, 3.05) is 4.72 Å². The lowest BCUT2D eigenvalue weighted by molar-refractivity contribution is 0.601. The Bertz CT molecular complexity index is 1070. The zero-order valence-electron chi connectivity index (χ0n) is 14.5. The minimum Gasteiger partial charge on any atom is -0.276 e. The van der Waals surface area contributed by atoms with Gasteiger partial charge in [-0.05, 0) is 50.2 Å². The van der Waals surface area contributed by atoms with E-state index in [0.717, 1.165) is 5.56 Å². The van der Waals surface area contributed by atoms with Gasteiger partial charge in [0.1, 0.15) is 0 Å². The molecule has 0 fully saturated rings. The Morgan fingerprint density at radius 3 is 2.19 bits per heavy atom. The highest BCUT2D eigenvalue weighted by Gasteiger charge is 2.20. The lowest BCUT2D eigenvalue weighted by atomic mass is 10.2. The predicted octanol–water partition coefficient (Wildman–Crippen LogP) is 5.31. The van der Waals surface area contributed by atoms with Gasteiger partial charge in [-0.3, -0.25) is 9.40 Å². The number of aryl methyl sites for hydroxylation is 1. The van der Waals surface area contributed by atoms with Crippen molar-refractivity contribution in [1.82, 2.24) is 9.78 Å². The predicted molar refractivity (Wildman–Crippen MR) is 110 cm³/mol. The molecule has 0 unspecified atom stereocenters. The molecule has 0 radical (unpaired) electrons. The van der Waals surface area contributed by atoms with Gasteiger partial charge < -0.3 is 0 Å². The molecule has 1 N–H and O–H groups in total. The van der Waals surface area contributed by atoms with Gasteiger partial charge in [0.15, 0.2) is 0 Å². The van der Waals surface area contributed by atoms with Crippen LogP contribution in [0.15, 0.2) is 47.4 Å². The number of hydrogen-bond donors (Lipinski definition) is 1. The van der Waals surface area contributed by atoms with E-state index >= 15 is 0 Å². The Kier molecular flexibility index (Phi) is 5.72. The molecule has 3 aromatic rings. The van der Waals surface area contributed by atoms with Gasteiger partial charge in [-0.15, -0.1) is 0 Å². The highest BCUT2D eigenvalue weighted by atomic mass is 35.5. The Morgan fingerprint density at radius 1 is 1.00 bits per heavy atom. The maximum absolute atomic E-state index is 12.7. The van der Waals surface area contributed by atoms with Crippen molar-refractivity contribution >= 4 is 50.5 Å². The van der Waals surface area contributed by atoms with E-state index < -0.39 is 10.0 Å². The largest absolute Gasteiger partial charge is 0.276 e. The molecule has 0 aliphatic carbocycles. The third-order valence-corrected chi connectivity index (χ3v) is 6.44. The zero-order valence-corrected chi connectivity index (χ0v) is 17.6. The van der Waals surface area contributed by atoms with Gasteiger partial charge in [-0.2, -0.15) is 5.10 Å². The summed E-state index contributed by atoms with van der Waals surface area (Å²) in [7, 11) is -3.77. The first-order chi connectivity index (χ1) is 12.7. The number of halogens is 3. The SMILES string of the molecule is Cc1nn(Cc2c(Cl)cccc2Cl)c(C)c1NS(=O)(=O)c1ccc(Cl)cc1. The van der Waals surface area contributed by atoms with Crippen LogP contribution in [0.3, 0.4) is 0 Å². The first-order valence-corrected chi connectivity index (χ1v) is 10.6. The fraction of sp³-hybridized carbons (Fsp3) is 0.167. The number of aromatic nitrogens is 2. The molecule has 1 aromatic heterocycles. The summed E-state index contributed by atoms with van der Waals surface area (Å²) >= 11 is 18.3. The maximum Gasteiger partial charge on any atom is 0.262 e. The van der Waals surface area contributed by atoms with Crippen molar-refractivity contribution < 1.29 is 8.42 Å². The summed E-state index contributed by atoms with van der Waals surface area (Å²) in [6, 6.07) is 11.2. The van der Waals surface area contributed by atoms with Crippen LogP contribution in [-0.4, -0.2) is 18.2 Å². The summed E-state index contributed by atoms with van der Waals surface area (Å²) in [6.07, 6.45) is 0. The third-order valence-electron chi connectivity index (χ3n) is 4.11. The molecule has 142 valence electrons. The van der Waals surface area contributed by atoms with Gasteiger partial charge in [-0.1, -0.05) is 40.9 Å². The molecule has 0 aliphatic rings. The van der Waals surface area contributed by atoms with Gasteiger partial charge in [0.2, 0.25) is 0 Å². The van der Waals surface area contributed by atoms with Crippen LogP contribution < -0.4 is 4.72 Å². The molecule has 2 aromatic carbocycles. The minimum absolute atomic E-state index is 0.118. The Hall–Kier alpha value is -1.73. The van der Waals surface area contributed by atoms with Gasteiger partial charge >= 0.3 is 0 Å². The second-order valence-electron chi connectivity index (χ2n) is 5.96. The Labute approximate surface area is 172 Å². The number of benzene rings is 2. The lowest BCUT2D eigenvalue weighted by Crippen LogP contribution is -2.14. The quantitative estimate of drug-likeness (QED) is 0.580. The molecule has 0 spiro atoms. The van der Waals surface area contributed by atoms with Crippen molar-refractivity contribution in [3.8, 4) is 0 Å². The van der Waals surface area contributed by atoms with Crippen LogP contribution in [0.2, 0.25) is 15.1 Å².